The highest BCUT2D eigenvalue weighted by Gasteiger charge is 2.20. The second kappa shape index (κ2) is 6.71. The first-order valence-corrected chi connectivity index (χ1v) is 6.76. The Morgan fingerprint density at radius 2 is 2.35 bits per heavy atom. The third-order valence-electron chi connectivity index (χ3n) is 2.71. The largest absolute Gasteiger partial charge is 0.340 e. The fourth-order valence-corrected chi connectivity index (χ4v) is 2.64. The average Bonchev–Trinajstić information content (AvgIpc) is 2.70. The van der Waals surface area contributed by atoms with E-state index in [-0.39, 0.29) is 11.8 Å². The zero-order valence-corrected chi connectivity index (χ0v) is 11.6. The number of aromatic nitrogens is 1. The lowest BCUT2D eigenvalue weighted by atomic mass is 10.0. The summed E-state index contributed by atoms with van der Waals surface area (Å²) in [6.45, 7) is 5.10. The van der Waals surface area contributed by atoms with Crippen molar-refractivity contribution in [2.24, 2.45) is 11.7 Å². The molecule has 1 aromatic rings. The maximum absolute atomic E-state index is 12.1. The van der Waals surface area contributed by atoms with Crippen LogP contribution in [0.3, 0.4) is 0 Å². The predicted molar refractivity (Wildman–Crippen MR) is 70.8 cm³/mol. The van der Waals surface area contributed by atoms with Gasteiger partial charge in [0.25, 0.3) is 0 Å². The van der Waals surface area contributed by atoms with Crippen LogP contribution in [-0.4, -0.2) is 29.4 Å². The molecule has 1 unspecified atom stereocenters. The fraction of sp³-hybridized carbons (Fsp3) is 0.667. The van der Waals surface area contributed by atoms with Gasteiger partial charge in [-0.2, -0.15) is 0 Å². The number of thiazole rings is 1. The van der Waals surface area contributed by atoms with Crippen molar-refractivity contribution in [2.75, 3.05) is 13.6 Å². The molecule has 0 fully saturated rings. The molecule has 5 heteroatoms. The van der Waals surface area contributed by atoms with Gasteiger partial charge < -0.3 is 10.6 Å². The molecular weight excluding hydrogens is 234 g/mol. The van der Waals surface area contributed by atoms with Crippen molar-refractivity contribution < 1.29 is 4.79 Å². The van der Waals surface area contributed by atoms with Crippen molar-refractivity contribution in [1.82, 2.24) is 9.88 Å². The topological polar surface area (TPSA) is 59.2 Å². The summed E-state index contributed by atoms with van der Waals surface area (Å²) in [5.41, 5.74) is 5.64. The fourth-order valence-electron chi connectivity index (χ4n) is 1.79. The standard InChI is InChI=1S/C12H21N3OS/c1-4-5-10(6-13)12(16)15(3)8-11-7-14-9(2)17-11/h7,10H,4-6,8,13H2,1-3H3. The van der Waals surface area contributed by atoms with E-state index in [1.807, 2.05) is 20.2 Å². The first kappa shape index (κ1) is 14.1. The Bertz CT molecular complexity index is 364. The van der Waals surface area contributed by atoms with Gasteiger partial charge in [0.2, 0.25) is 5.91 Å². The van der Waals surface area contributed by atoms with Crippen molar-refractivity contribution in [1.29, 1.82) is 0 Å². The molecule has 0 spiro atoms. The Hall–Kier alpha value is -0.940. The molecule has 0 radical (unpaired) electrons. The molecule has 0 aliphatic rings. The summed E-state index contributed by atoms with van der Waals surface area (Å²) in [6.07, 6.45) is 3.68. The summed E-state index contributed by atoms with van der Waals surface area (Å²) in [7, 11) is 1.83. The van der Waals surface area contributed by atoms with E-state index in [4.69, 9.17) is 5.73 Å². The van der Waals surface area contributed by atoms with E-state index in [1.54, 1.807) is 16.2 Å². The van der Waals surface area contributed by atoms with Crippen LogP contribution in [0, 0.1) is 12.8 Å². The summed E-state index contributed by atoms with van der Waals surface area (Å²) in [6, 6.07) is 0. The van der Waals surface area contributed by atoms with Crippen molar-refractivity contribution in [3.05, 3.63) is 16.1 Å². The predicted octanol–water partition coefficient (Wildman–Crippen LogP) is 1.78. The number of rotatable bonds is 6. The Balaban J connectivity index is 2.56. The van der Waals surface area contributed by atoms with Crippen LogP contribution < -0.4 is 5.73 Å². The van der Waals surface area contributed by atoms with Gasteiger partial charge in [-0.25, -0.2) is 4.98 Å². The normalized spacial score (nSPS) is 12.5. The molecule has 1 heterocycles. The Kier molecular flexibility index (Phi) is 5.58. The molecule has 0 saturated heterocycles. The number of amides is 1. The Morgan fingerprint density at radius 3 is 2.82 bits per heavy atom. The van der Waals surface area contributed by atoms with Crippen LogP contribution in [0.5, 0.6) is 0 Å². The minimum absolute atomic E-state index is 0.0426. The van der Waals surface area contributed by atoms with Gasteiger partial charge in [-0.3, -0.25) is 4.79 Å². The minimum atomic E-state index is -0.0426. The lowest BCUT2D eigenvalue weighted by Crippen LogP contribution is -2.36. The highest BCUT2D eigenvalue weighted by Crippen LogP contribution is 2.15. The summed E-state index contributed by atoms with van der Waals surface area (Å²) >= 11 is 1.63. The van der Waals surface area contributed by atoms with Gasteiger partial charge >= 0.3 is 0 Å². The molecule has 0 bridgehead atoms. The maximum Gasteiger partial charge on any atom is 0.227 e. The van der Waals surface area contributed by atoms with Crippen molar-refractivity contribution >= 4 is 17.2 Å². The lowest BCUT2D eigenvalue weighted by molar-refractivity contribution is -0.134. The second-order valence-corrected chi connectivity index (χ2v) is 5.58. The van der Waals surface area contributed by atoms with E-state index < -0.39 is 0 Å². The molecular formula is C12H21N3OS. The molecule has 96 valence electrons. The number of carbonyl (C=O) groups is 1. The van der Waals surface area contributed by atoms with Gasteiger partial charge in [0.15, 0.2) is 0 Å². The van der Waals surface area contributed by atoms with Crippen LogP contribution in [0.1, 0.15) is 29.7 Å². The van der Waals surface area contributed by atoms with Crippen LogP contribution in [0.2, 0.25) is 0 Å². The van der Waals surface area contributed by atoms with Gasteiger partial charge in [0, 0.05) is 24.7 Å². The van der Waals surface area contributed by atoms with Gasteiger partial charge in [-0.1, -0.05) is 13.3 Å². The van der Waals surface area contributed by atoms with Crippen molar-refractivity contribution in [2.45, 2.75) is 33.2 Å². The maximum atomic E-state index is 12.1. The number of hydrogen-bond donors (Lipinski definition) is 1. The molecule has 1 aromatic heterocycles. The molecule has 0 aliphatic heterocycles. The lowest BCUT2D eigenvalue weighted by Gasteiger charge is -2.21. The van der Waals surface area contributed by atoms with Gasteiger partial charge in [0.1, 0.15) is 0 Å². The third kappa shape index (κ3) is 4.09. The smallest absolute Gasteiger partial charge is 0.227 e. The quantitative estimate of drug-likeness (QED) is 0.843. The highest BCUT2D eigenvalue weighted by atomic mass is 32.1. The minimum Gasteiger partial charge on any atom is -0.340 e. The number of nitrogens with zero attached hydrogens (tertiary/aromatic N) is 2. The number of hydrogen-bond acceptors (Lipinski definition) is 4. The first-order valence-electron chi connectivity index (χ1n) is 5.94. The molecule has 1 amide bonds. The summed E-state index contributed by atoms with van der Waals surface area (Å²) in [5.74, 6) is 0.0967. The van der Waals surface area contributed by atoms with Crippen LogP contribution in [0.25, 0.3) is 0 Å². The second-order valence-electron chi connectivity index (χ2n) is 4.26. The molecule has 4 nitrogen and oxygen atoms in total. The number of carbonyl (C=O) groups excluding carboxylic acids is 1. The molecule has 1 rings (SSSR count). The van der Waals surface area contributed by atoms with E-state index in [1.165, 1.54) is 0 Å². The molecule has 0 saturated carbocycles. The van der Waals surface area contributed by atoms with Crippen LogP contribution in [0.4, 0.5) is 0 Å². The van der Waals surface area contributed by atoms with E-state index in [0.29, 0.717) is 13.1 Å². The monoisotopic (exact) mass is 255 g/mol. The summed E-state index contributed by atoms with van der Waals surface area (Å²) in [5, 5.41) is 1.03. The number of nitrogens with two attached hydrogens (primary N) is 1. The zero-order valence-electron chi connectivity index (χ0n) is 10.8. The van der Waals surface area contributed by atoms with E-state index in [0.717, 1.165) is 22.7 Å². The van der Waals surface area contributed by atoms with Gasteiger partial charge in [-0.15, -0.1) is 11.3 Å². The SMILES string of the molecule is CCCC(CN)C(=O)N(C)Cc1cnc(C)s1. The Morgan fingerprint density at radius 1 is 1.65 bits per heavy atom. The average molecular weight is 255 g/mol. The van der Waals surface area contributed by atoms with Crippen molar-refractivity contribution in [3.8, 4) is 0 Å². The Labute approximate surface area is 107 Å². The van der Waals surface area contributed by atoms with Crippen LogP contribution in [0.15, 0.2) is 6.20 Å². The summed E-state index contributed by atoms with van der Waals surface area (Å²) < 4.78 is 0. The molecule has 17 heavy (non-hydrogen) atoms. The van der Waals surface area contributed by atoms with Crippen LogP contribution >= 0.6 is 11.3 Å². The molecule has 2 N–H and O–H groups in total. The summed E-state index contributed by atoms with van der Waals surface area (Å²) in [4.78, 5) is 19.2. The van der Waals surface area contributed by atoms with E-state index in [2.05, 4.69) is 11.9 Å². The highest BCUT2D eigenvalue weighted by molar-refractivity contribution is 7.11. The number of aryl methyl sites for hydroxylation is 1. The van der Waals surface area contributed by atoms with Crippen molar-refractivity contribution in [3.63, 3.8) is 0 Å². The van der Waals surface area contributed by atoms with Gasteiger partial charge in [0.05, 0.1) is 17.5 Å². The van der Waals surface area contributed by atoms with Crippen LogP contribution in [-0.2, 0) is 11.3 Å². The molecule has 1 atom stereocenters. The van der Waals surface area contributed by atoms with E-state index in [9.17, 15) is 4.79 Å². The molecule has 0 aromatic carbocycles. The van der Waals surface area contributed by atoms with Gasteiger partial charge in [-0.05, 0) is 13.3 Å². The first-order chi connectivity index (χ1) is 8.08. The zero-order chi connectivity index (χ0) is 12.8. The third-order valence-corrected chi connectivity index (χ3v) is 3.61. The molecule has 0 aliphatic carbocycles. The van der Waals surface area contributed by atoms with E-state index >= 15 is 0 Å².